The van der Waals surface area contributed by atoms with Crippen molar-refractivity contribution in [3.8, 4) is 5.75 Å². The normalized spacial score (nSPS) is 11.1. The fourth-order valence-corrected chi connectivity index (χ4v) is 2.25. The van der Waals surface area contributed by atoms with Gasteiger partial charge in [0.15, 0.2) is 0 Å². The summed E-state index contributed by atoms with van der Waals surface area (Å²) in [6.07, 6.45) is 0. The number of ether oxygens (including phenoxy) is 8. The maximum Gasteiger partial charge on any atom is 0.119 e. The number of hydrogen-bond acceptors (Lipinski definition) is 9. The van der Waals surface area contributed by atoms with Gasteiger partial charge in [0, 0.05) is 12.3 Å². The summed E-state index contributed by atoms with van der Waals surface area (Å²) in [5.41, 5.74) is 6.34. The average molecular weight is 446 g/mol. The zero-order valence-electron chi connectivity index (χ0n) is 18.8. The van der Waals surface area contributed by atoms with Crippen LogP contribution in [0.4, 0.5) is 5.69 Å². The summed E-state index contributed by atoms with van der Waals surface area (Å²) in [6.45, 7) is 10.3. The number of nitrogen functional groups attached to an aromatic ring is 1. The minimum Gasteiger partial charge on any atom is -0.491 e. The summed E-state index contributed by atoms with van der Waals surface area (Å²) in [5, 5.41) is 0. The molecule has 0 amide bonds. The van der Waals surface area contributed by atoms with E-state index in [9.17, 15) is 0 Å². The Morgan fingerprint density at radius 1 is 0.484 bits per heavy atom. The summed E-state index contributed by atoms with van der Waals surface area (Å²) < 4.78 is 43.2. The van der Waals surface area contributed by atoms with Crippen LogP contribution in [0.25, 0.3) is 0 Å². The Morgan fingerprint density at radius 2 is 0.806 bits per heavy atom. The molecule has 0 heterocycles. The first-order chi connectivity index (χ1) is 15.3. The molecule has 1 aromatic carbocycles. The number of nitrogens with two attached hydrogens (primary N) is 1. The van der Waals surface area contributed by atoms with Gasteiger partial charge >= 0.3 is 0 Å². The molecule has 0 bridgehead atoms. The van der Waals surface area contributed by atoms with Crippen molar-refractivity contribution in [3.63, 3.8) is 0 Å². The van der Waals surface area contributed by atoms with E-state index in [1.165, 1.54) is 0 Å². The highest BCUT2D eigenvalue weighted by Gasteiger charge is 1.96. The summed E-state index contributed by atoms with van der Waals surface area (Å²) in [6, 6.07) is 7.27. The van der Waals surface area contributed by atoms with Crippen LogP contribution in [0.5, 0.6) is 5.75 Å². The Hall–Kier alpha value is -1.46. The van der Waals surface area contributed by atoms with Crippen molar-refractivity contribution in [1.82, 2.24) is 0 Å². The molecule has 0 spiro atoms. The van der Waals surface area contributed by atoms with Crippen molar-refractivity contribution >= 4 is 5.69 Å². The maximum absolute atomic E-state index is 5.62. The molecule has 31 heavy (non-hydrogen) atoms. The first-order valence-corrected chi connectivity index (χ1v) is 10.9. The van der Waals surface area contributed by atoms with E-state index in [2.05, 4.69) is 0 Å². The Morgan fingerprint density at radius 3 is 1.16 bits per heavy atom. The van der Waals surface area contributed by atoms with Gasteiger partial charge in [-0.25, -0.2) is 0 Å². The van der Waals surface area contributed by atoms with E-state index in [1.54, 1.807) is 12.1 Å². The van der Waals surface area contributed by atoms with Gasteiger partial charge in [-0.2, -0.15) is 0 Å². The number of anilines is 1. The standard InChI is InChI=1S/C22H39NO8/c1-2-24-7-8-25-9-10-26-11-12-27-13-14-28-15-16-29-17-18-30-19-20-31-22-5-3-21(23)4-6-22/h3-6H,2,7-20,23H2,1H3. The zero-order valence-corrected chi connectivity index (χ0v) is 18.8. The van der Waals surface area contributed by atoms with Crippen LogP contribution in [0.1, 0.15) is 6.92 Å². The fraction of sp³-hybridized carbons (Fsp3) is 0.727. The van der Waals surface area contributed by atoms with Crippen LogP contribution in [0, 0.1) is 0 Å². The number of benzene rings is 1. The second kappa shape index (κ2) is 21.8. The van der Waals surface area contributed by atoms with Gasteiger partial charge in [-0.1, -0.05) is 0 Å². The predicted octanol–water partition coefficient (Wildman–Crippen LogP) is 1.78. The minimum absolute atomic E-state index is 0.486. The quantitative estimate of drug-likeness (QED) is 0.200. The summed E-state index contributed by atoms with van der Waals surface area (Å²) in [7, 11) is 0. The van der Waals surface area contributed by atoms with Crippen molar-refractivity contribution < 1.29 is 37.9 Å². The van der Waals surface area contributed by atoms with Crippen molar-refractivity contribution in [3.05, 3.63) is 24.3 Å². The molecule has 0 unspecified atom stereocenters. The second-order valence-corrected chi connectivity index (χ2v) is 6.29. The van der Waals surface area contributed by atoms with Crippen LogP contribution in [0.2, 0.25) is 0 Å². The van der Waals surface area contributed by atoms with Gasteiger partial charge in [-0.15, -0.1) is 0 Å². The Labute approximate surface area is 186 Å². The van der Waals surface area contributed by atoms with Crippen LogP contribution in [-0.2, 0) is 33.2 Å². The molecule has 0 saturated carbocycles. The van der Waals surface area contributed by atoms with Gasteiger partial charge in [-0.3, -0.25) is 0 Å². The summed E-state index contributed by atoms with van der Waals surface area (Å²) >= 11 is 0. The monoisotopic (exact) mass is 445 g/mol. The molecule has 2 N–H and O–H groups in total. The van der Waals surface area contributed by atoms with Crippen LogP contribution in [0.15, 0.2) is 24.3 Å². The molecule has 0 aromatic heterocycles. The lowest BCUT2D eigenvalue weighted by Gasteiger charge is -2.09. The topological polar surface area (TPSA) is 99.9 Å². The SMILES string of the molecule is CCOCCOCCOCCOCCOCCOCCOCCOc1ccc(N)cc1. The number of rotatable bonds is 23. The first kappa shape index (κ1) is 27.6. The third kappa shape index (κ3) is 19.0. The Kier molecular flexibility index (Phi) is 19.4. The highest BCUT2D eigenvalue weighted by Crippen LogP contribution is 2.12. The average Bonchev–Trinajstić information content (AvgIpc) is 2.78. The minimum atomic E-state index is 0.486. The van der Waals surface area contributed by atoms with E-state index in [4.69, 9.17) is 43.6 Å². The van der Waals surface area contributed by atoms with Crippen LogP contribution >= 0.6 is 0 Å². The van der Waals surface area contributed by atoms with Crippen molar-refractivity contribution in [1.29, 1.82) is 0 Å². The molecule has 1 aromatic rings. The van der Waals surface area contributed by atoms with E-state index in [-0.39, 0.29) is 0 Å². The van der Waals surface area contributed by atoms with Crippen LogP contribution in [0.3, 0.4) is 0 Å². The molecule has 0 saturated heterocycles. The molecule has 180 valence electrons. The van der Waals surface area contributed by atoms with E-state index in [1.807, 2.05) is 19.1 Å². The van der Waals surface area contributed by atoms with Gasteiger partial charge in [0.25, 0.3) is 0 Å². The first-order valence-electron chi connectivity index (χ1n) is 10.9. The summed E-state index contributed by atoms with van der Waals surface area (Å²) in [4.78, 5) is 0. The molecule has 0 aliphatic carbocycles. The van der Waals surface area contributed by atoms with E-state index in [0.717, 1.165) is 5.75 Å². The molecular weight excluding hydrogens is 406 g/mol. The zero-order chi connectivity index (χ0) is 22.2. The molecule has 0 radical (unpaired) electrons. The third-order valence-electron chi connectivity index (χ3n) is 3.81. The highest BCUT2D eigenvalue weighted by molar-refractivity contribution is 5.41. The molecule has 1 rings (SSSR count). The van der Waals surface area contributed by atoms with E-state index in [0.29, 0.717) is 105 Å². The highest BCUT2D eigenvalue weighted by atomic mass is 16.6. The summed E-state index contributed by atoms with van der Waals surface area (Å²) in [5.74, 6) is 0.779. The molecule has 0 aliphatic heterocycles. The molecule has 0 aliphatic rings. The lowest BCUT2D eigenvalue weighted by atomic mass is 10.3. The van der Waals surface area contributed by atoms with Crippen LogP contribution in [-0.4, -0.2) is 99.1 Å². The second-order valence-electron chi connectivity index (χ2n) is 6.29. The van der Waals surface area contributed by atoms with E-state index >= 15 is 0 Å². The Balaban J connectivity index is 1.68. The van der Waals surface area contributed by atoms with Gasteiger partial charge in [0.1, 0.15) is 12.4 Å². The smallest absolute Gasteiger partial charge is 0.119 e. The number of hydrogen-bond donors (Lipinski definition) is 1. The molecule has 0 fully saturated rings. The molecular formula is C22H39NO8. The molecule has 9 heteroatoms. The van der Waals surface area contributed by atoms with Gasteiger partial charge < -0.3 is 43.6 Å². The lowest BCUT2D eigenvalue weighted by Crippen LogP contribution is -2.15. The Bertz CT molecular complexity index is 489. The van der Waals surface area contributed by atoms with Crippen molar-refractivity contribution in [2.45, 2.75) is 6.92 Å². The fourth-order valence-electron chi connectivity index (χ4n) is 2.25. The third-order valence-corrected chi connectivity index (χ3v) is 3.81. The van der Waals surface area contributed by atoms with Crippen molar-refractivity contribution in [2.24, 2.45) is 0 Å². The maximum atomic E-state index is 5.62. The van der Waals surface area contributed by atoms with Gasteiger partial charge in [-0.05, 0) is 31.2 Å². The van der Waals surface area contributed by atoms with Gasteiger partial charge in [0.05, 0.1) is 85.9 Å². The lowest BCUT2D eigenvalue weighted by molar-refractivity contribution is -0.0208. The van der Waals surface area contributed by atoms with E-state index < -0.39 is 0 Å². The largest absolute Gasteiger partial charge is 0.491 e. The molecule has 9 nitrogen and oxygen atoms in total. The molecule has 0 atom stereocenters. The predicted molar refractivity (Wildman–Crippen MR) is 118 cm³/mol. The van der Waals surface area contributed by atoms with Gasteiger partial charge in [0.2, 0.25) is 0 Å². The van der Waals surface area contributed by atoms with Crippen LogP contribution < -0.4 is 10.5 Å². The van der Waals surface area contributed by atoms with Crippen molar-refractivity contribution in [2.75, 3.05) is 105 Å².